The molecule has 0 amide bonds. The van der Waals surface area contributed by atoms with Gasteiger partial charge in [-0.15, -0.1) is 0 Å². The Balaban J connectivity index is 0.00000130. The summed E-state index contributed by atoms with van der Waals surface area (Å²) < 4.78 is 68.8. The molecule has 30 nitrogen and oxygen atoms in total. The minimum atomic E-state index is -5.43. The second-order valence-corrected chi connectivity index (χ2v) is 30.4. The average Bonchev–Trinajstić information content (AvgIpc) is 0.672. The van der Waals surface area contributed by atoms with E-state index >= 15 is 4.79 Å². The van der Waals surface area contributed by atoms with Gasteiger partial charge in [0.2, 0.25) is 6.29 Å². The van der Waals surface area contributed by atoms with Crippen LogP contribution in [0, 0.1) is 50.2 Å². The molecule has 10 rings (SSSR count). The van der Waals surface area contributed by atoms with Gasteiger partial charge in [0.05, 0.1) is 49.9 Å². The number of hydrogen-bond acceptors (Lipinski definition) is 30. The molecule has 4 saturated carbocycles. The van der Waals surface area contributed by atoms with Gasteiger partial charge in [-0.1, -0.05) is 60.1 Å². The number of carboxylic acid groups (broad SMARTS) is 1. The summed E-state index contributed by atoms with van der Waals surface area (Å²) in [6.45, 7) is 17.2. The van der Waals surface area contributed by atoms with E-state index in [1.165, 1.54) is 6.92 Å². The van der Waals surface area contributed by atoms with Crippen molar-refractivity contribution in [1.82, 2.24) is 0 Å². The number of carbonyl (C=O) groups is 2. The van der Waals surface area contributed by atoms with Gasteiger partial charge in [0, 0.05) is 0 Å². The molecule has 9 fully saturated rings. The number of rotatable bonds is 12. The molecule has 518 valence electrons. The van der Waals surface area contributed by atoms with Crippen LogP contribution in [-0.2, 0) is 56.7 Å². The van der Waals surface area contributed by atoms with Crippen LogP contribution in [-0.4, -0.2) is 257 Å². The van der Waals surface area contributed by atoms with Crippen molar-refractivity contribution in [3.8, 4) is 0 Å². The Morgan fingerprint density at radius 2 is 1.08 bits per heavy atom. The number of hydrogen-bond donors (Lipinski definition) is 14. The molecule has 0 spiro atoms. The molecular weight excluding hydrogens is 1290 g/mol. The van der Waals surface area contributed by atoms with Crippen molar-refractivity contribution >= 4 is 19.3 Å². The number of aliphatic hydroxyl groups excluding tert-OH is 14. The maximum Gasteiger partial charge on any atom is 1.00 e. The smallest absolute Gasteiger partial charge is 0.807 e. The van der Waals surface area contributed by atoms with E-state index in [1.807, 2.05) is 0 Å². The van der Waals surface area contributed by atoms with Crippen LogP contribution in [0.15, 0.2) is 11.6 Å². The Hall–Kier alpha value is 0.910. The summed E-state index contributed by atoms with van der Waals surface area (Å²) in [5, 5.41) is 161. The molecule has 93 heavy (non-hydrogen) atoms. The standard InChI is InChI=1S/C58H94O25.CH3O5P.3Na/c1-23-44(80-47-40(69)34(63)27(60)21-74-47)38(67)42(71)48(76-23)79-33-13-14-55(7)30(54(33,5)6)12-15-56(8)31(55)11-10-25-26-18-53(3,4)16-17-58(26,32(62)19-57(25,56)9)52(73)83-51-46(35(64)28(61)22-75-51)82-49-43(72)39(68)45(24(2)77-49)81-50-41(70)37(66)36(65)29(20-59)78-50;2-1(3)7(4,5)6;;;/h10,23-24,26-51,59-72H,11-22H2,1-9H3;(H,2,3)(H2,4,5,6);;;/q;;3*+1/p-3. The fourth-order valence-corrected chi connectivity index (χ4v) is 17.5. The molecule has 5 heterocycles. The van der Waals surface area contributed by atoms with Crippen molar-refractivity contribution in [3.63, 3.8) is 0 Å². The number of fused-ring (bicyclic) bond motifs is 7. The van der Waals surface area contributed by atoms with E-state index in [0.717, 1.165) is 24.8 Å². The van der Waals surface area contributed by atoms with E-state index in [2.05, 4.69) is 54.5 Å². The first kappa shape index (κ1) is 82.9. The van der Waals surface area contributed by atoms with E-state index in [9.17, 15) is 71.5 Å². The van der Waals surface area contributed by atoms with Crippen molar-refractivity contribution in [2.75, 3.05) is 19.8 Å². The van der Waals surface area contributed by atoms with Crippen LogP contribution in [0.25, 0.3) is 0 Å². The molecule has 0 aromatic rings. The maximum atomic E-state index is 15.4. The fraction of sp³-hybridized carbons (Fsp3) is 0.932. The number of esters is 1. The third kappa shape index (κ3) is 15.3. The van der Waals surface area contributed by atoms with E-state index in [0.29, 0.717) is 25.7 Å². The summed E-state index contributed by atoms with van der Waals surface area (Å²) in [6.07, 6.45) is -29.2. The first-order chi connectivity index (χ1) is 41.7. The number of aliphatic hydroxyl groups is 14. The van der Waals surface area contributed by atoms with Crippen LogP contribution in [0.4, 0.5) is 4.79 Å². The molecule has 32 atom stereocenters. The van der Waals surface area contributed by atoms with Crippen molar-refractivity contribution < 1.29 is 237 Å². The molecule has 5 saturated heterocycles. The number of ether oxygens (including phenoxy) is 10. The molecule has 34 heteroatoms. The van der Waals surface area contributed by atoms with Gasteiger partial charge in [0.1, 0.15) is 97.0 Å². The van der Waals surface area contributed by atoms with Crippen molar-refractivity contribution in [1.29, 1.82) is 0 Å². The predicted octanol–water partition coefficient (Wildman–Crippen LogP) is -13.7. The monoisotopic (exact) mass is 1380 g/mol. The van der Waals surface area contributed by atoms with Crippen molar-refractivity contribution in [2.24, 2.45) is 50.2 Å². The molecule has 0 aromatic heterocycles. The average molecular weight is 1380 g/mol. The Kier molecular flexibility index (Phi) is 27.7. The number of allylic oxidation sites excluding steroid dienone is 2. The zero-order valence-electron chi connectivity index (χ0n) is 55.0. The SMILES string of the molecule is CC1OC(OC2CCC3(C)C(CCC4(C)C3CC=C3C5CC(C)(C)CCC5(C(=O)OC5OCC(O)C(O)C5OC5OC(C)C(OC6OC(CO)C(O)C(O)C6O)C(O)C5O)C(O)CC34C)C2(C)C)C(O)C(O)C1OC1OCC(O)C(O)C1O.O=C([O-])P(=O)([O-])[O-].[Na+].[Na+].[Na+]. The van der Waals surface area contributed by atoms with Gasteiger partial charge in [-0.3, -0.25) is 4.79 Å². The largest absolute Gasteiger partial charge is 1.00 e. The van der Waals surface area contributed by atoms with Crippen LogP contribution in [0.3, 0.4) is 0 Å². The van der Waals surface area contributed by atoms with Crippen LogP contribution < -0.4 is 104 Å². The topological polar surface area (TPSA) is 496 Å². The second-order valence-electron chi connectivity index (χ2n) is 29.0. The fourth-order valence-electron chi connectivity index (χ4n) is 17.5. The van der Waals surface area contributed by atoms with Crippen molar-refractivity contribution in [2.45, 2.75) is 274 Å². The van der Waals surface area contributed by atoms with Gasteiger partial charge < -0.3 is 143 Å². The Labute approximate surface area is 606 Å². The number of carbonyl (C=O) groups excluding carboxylic acids is 2. The second kappa shape index (κ2) is 31.1. The molecule has 0 radical (unpaired) electrons. The summed E-state index contributed by atoms with van der Waals surface area (Å²) in [4.78, 5) is 42.7. The van der Waals surface area contributed by atoms with E-state index in [1.54, 1.807) is 6.92 Å². The zero-order valence-corrected chi connectivity index (χ0v) is 61.9. The summed E-state index contributed by atoms with van der Waals surface area (Å²) in [6, 6.07) is 0. The minimum absolute atomic E-state index is 0. The summed E-state index contributed by atoms with van der Waals surface area (Å²) in [7, 11) is -5.43. The summed E-state index contributed by atoms with van der Waals surface area (Å²) >= 11 is 0. The molecule has 0 aromatic carbocycles. The van der Waals surface area contributed by atoms with Gasteiger partial charge in [-0.05, 0) is 124 Å². The van der Waals surface area contributed by atoms with Crippen LogP contribution >= 0.6 is 7.60 Å². The normalized spacial score (nSPS) is 50.1. The molecule has 0 bridgehead atoms. The molecule has 5 aliphatic heterocycles. The first-order valence-corrected chi connectivity index (χ1v) is 32.7. The minimum Gasteiger partial charge on any atom is -0.807 e. The first-order valence-electron chi connectivity index (χ1n) is 31.1. The third-order valence-corrected chi connectivity index (χ3v) is 23.4. The Bertz CT molecular complexity index is 2630. The predicted molar refractivity (Wildman–Crippen MR) is 295 cm³/mol. The van der Waals surface area contributed by atoms with Crippen LogP contribution in [0.1, 0.15) is 120 Å². The van der Waals surface area contributed by atoms with Crippen molar-refractivity contribution in [3.05, 3.63) is 11.6 Å². The van der Waals surface area contributed by atoms with Gasteiger partial charge in [0.25, 0.3) is 0 Å². The zero-order chi connectivity index (χ0) is 66.7. The molecule has 10 aliphatic rings. The molecule has 32 unspecified atom stereocenters. The Morgan fingerprint density at radius 1 is 0.581 bits per heavy atom. The molecule has 5 aliphatic carbocycles. The van der Waals surface area contributed by atoms with Crippen LogP contribution in [0.2, 0.25) is 0 Å². The quantitative estimate of drug-likeness (QED) is 0.0284. The van der Waals surface area contributed by atoms with Crippen LogP contribution in [0.5, 0.6) is 0 Å². The van der Waals surface area contributed by atoms with Gasteiger partial charge in [0.15, 0.2) is 31.3 Å². The third-order valence-electron chi connectivity index (χ3n) is 22.9. The maximum absolute atomic E-state index is 15.4. The summed E-state index contributed by atoms with van der Waals surface area (Å²) in [5.41, 5.74) is -4.84. The van der Waals surface area contributed by atoms with E-state index in [4.69, 9.17) is 71.6 Å². The van der Waals surface area contributed by atoms with E-state index in [-0.39, 0.29) is 136 Å². The van der Waals surface area contributed by atoms with Gasteiger partial charge >= 0.3 is 94.6 Å². The molecule has 14 N–H and O–H groups in total. The summed E-state index contributed by atoms with van der Waals surface area (Å²) in [5.74, 6) is -1.00. The van der Waals surface area contributed by atoms with Gasteiger partial charge in [-0.2, -0.15) is 0 Å². The Morgan fingerprint density at radius 3 is 1.63 bits per heavy atom. The molecular formula is C59H94Na3O30P. The van der Waals surface area contributed by atoms with E-state index < -0.39 is 208 Å². The van der Waals surface area contributed by atoms with Gasteiger partial charge in [-0.25, -0.2) is 0 Å².